The average molecular weight is 332 g/mol. The van der Waals surface area contributed by atoms with E-state index in [4.69, 9.17) is 9.73 Å². The standard InChI is InChI=1S/C17H24N4O3/c22-21(23)16-5-3-14(4-6-16)11-18-17(20-8-1-2-9-20)19-12-15-7-10-24-13-15/h3-6,15H,1-2,7-13H2,(H,18,19). The van der Waals surface area contributed by atoms with Crippen LogP contribution in [0.15, 0.2) is 29.3 Å². The average Bonchev–Trinajstić information content (AvgIpc) is 3.29. The highest BCUT2D eigenvalue weighted by Crippen LogP contribution is 2.14. The van der Waals surface area contributed by atoms with Gasteiger partial charge < -0.3 is 15.0 Å². The van der Waals surface area contributed by atoms with Crippen LogP contribution < -0.4 is 5.32 Å². The van der Waals surface area contributed by atoms with Gasteiger partial charge in [0.25, 0.3) is 5.69 Å². The second kappa shape index (κ2) is 8.10. The molecule has 2 fully saturated rings. The third-order valence-electron chi connectivity index (χ3n) is 4.54. The van der Waals surface area contributed by atoms with E-state index in [0.29, 0.717) is 12.5 Å². The number of nitro benzene ring substituents is 1. The van der Waals surface area contributed by atoms with Crippen molar-refractivity contribution in [3.63, 3.8) is 0 Å². The zero-order chi connectivity index (χ0) is 16.8. The zero-order valence-corrected chi connectivity index (χ0v) is 13.8. The van der Waals surface area contributed by atoms with Crippen LogP contribution in [0.3, 0.4) is 0 Å². The molecule has 0 aromatic heterocycles. The Morgan fingerprint density at radius 3 is 2.71 bits per heavy atom. The van der Waals surface area contributed by atoms with E-state index >= 15 is 0 Å². The molecule has 0 amide bonds. The molecule has 2 aliphatic heterocycles. The Labute approximate surface area is 141 Å². The first-order valence-electron chi connectivity index (χ1n) is 8.57. The molecular weight excluding hydrogens is 308 g/mol. The second-order valence-electron chi connectivity index (χ2n) is 6.37. The number of aliphatic imine (C=N–C) groups is 1. The van der Waals surface area contributed by atoms with Gasteiger partial charge in [-0.2, -0.15) is 0 Å². The molecular formula is C17H24N4O3. The van der Waals surface area contributed by atoms with Crippen LogP contribution in [0.25, 0.3) is 0 Å². The largest absolute Gasteiger partial charge is 0.381 e. The molecule has 7 nitrogen and oxygen atoms in total. The molecule has 3 rings (SSSR count). The normalized spacial score (nSPS) is 21.2. The van der Waals surface area contributed by atoms with Crippen molar-refractivity contribution >= 4 is 11.6 Å². The van der Waals surface area contributed by atoms with Gasteiger partial charge in [-0.25, -0.2) is 4.99 Å². The summed E-state index contributed by atoms with van der Waals surface area (Å²) in [5.74, 6) is 1.50. The van der Waals surface area contributed by atoms with Crippen molar-refractivity contribution in [1.29, 1.82) is 0 Å². The maximum Gasteiger partial charge on any atom is 0.269 e. The topological polar surface area (TPSA) is 80.0 Å². The molecule has 24 heavy (non-hydrogen) atoms. The van der Waals surface area contributed by atoms with E-state index in [1.807, 2.05) is 0 Å². The van der Waals surface area contributed by atoms with Crippen LogP contribution in [0.5, 0.6) is 0 Å². The number of hydrogen-bond acceptors (Lipinski definition) is 4. The van der Waals surface area contributed by atoms with Crippen LogP contribution in [0, 0.1) is 16.0 Å². The highest BCUT2D eigenvalue weighted by Gasteiger charge is 2.20. The predicted molar refractivity (Wildman–Crippen MR) is 92.0 cm³/mol. The smallest absolute Gasteiger partial charge is 0.269 e. The molecule has 0 bridgehead atoms. The Morgan fingerprint density at radius 1 is 1.33 bits per heavy atom. The lowest BCUT2D eigenvalue weighted by molar-refractivity contribution is -0.384. The number of nitrogens with one attached hydrogen (secondary N) is 1. The number of non-ortho nitro benzene ring substituents is 1. The van der Waals surface area contributed by atoms with Gasteiger partial charge in [0.05, 0.1) is 18.1 Å². The van der Waals surface area contributed by atoms with Crippen LogP contribution in [-0.2, 0) is 11.3 Å². The van der Waals surface area contributed by atoms with Crippen molar-refractivity contribution in [3.05, 3.63) is 39.9 Å². The van der Waals surface area contributed by atoms with Crippen LogP contribution in [-0.4, -0.2) is 48.6 Å². The second-order valence-corrected chi connectivity index (χ2v) is 6.37. The molecule has 1 atom stereocenters. The lowest BCUT2D eigenvalue weighted by Gasteiger charge is -2.22. The summed E-state index contributed by atoms with van der Waals surface area (Å²) in [5, 5.41) is 14.2. The van der Waals surface area contributed by atoms with E-state index in [2.05, 4.69) is 10.2 Å². The number of nitrogens with zero attached hydrogens (tertiary/aromatic N) is 3. The number of ether oxygens (including phenoxy) is 1. The lowest BCUT2D eigenvalue weighted by atomic mass is 10.1. The van der Waals surface area contributed by atoms with Crippen molar-refractivity contribution in [2.45, 2.75) is 25.8 Å². The maximum atomic E-state index is 10.7. The van der Waals surface area contributed by atoms with Gasteiger partial charge in [0.2, 0.25) is 0 Å². The van der Waals surface area contributed by atoms with Crippen molar-refractivity contribution in [2.75, 3.05) is 32.8 Å². The molecule has 1 unspecified atom stereocenters. The van der Waals surface area contributed by atoms with Gasteiger partial charge >= 0.3 is 0 Å². The number of hydrogen-bond donors (Lipinski definition) is 1. The summed E-state index contributed by atoms with van der Waals surface area (Å²) in [7, 11) is 0. The first-order valence-corrected chi connectivity index (χ1v) is 8.57. The van der Waals surface area contributed by atoms with Crippen LogP contribution in [0.4, 0.5) is 5.69 Å². The highest BCUT2D eigenvalue weighted by molar-refractivity contribution is 5.80. The predicted octanol–water partition coefficient (Wildman–Crippen LogP) is 2.17. The van der Waals surface area contributed by atoms with Crippen molar-refractivity contribution in [1.82, 2.24) is 10.2 Å². The van der Waals surface area contributed by atoms with Gasteiger partial charge in [-0.1, -0.05) is 12.1 Å². The monoisotopic (exact) mass is 332 g/mol. The van der Waals surface area contributed by atoms with Crippen molar-refractivity contribution in [2.24, 2.45) is 10.9 Å². The summed E-state index contributed by atoms with van der Waals surface area (Å²) in [6.45, 7) is 5.15. The van der Waals surface area contributed by atoms with Gasteiger partial charge in [-0.05, 0) is 24.8 Å². The van der Waals surface area contributed by atoms with Crippen LogP contribution >= 0.6 is 0 Å². The van der Waals surface area contributed by atoms with E-state index in [1.54, 1.807) is 12.1 Å². The lowest BCUT2D eigenvalue weighted by Crippen LogP contribution is -2.41. The Morgan fingerprint density at radius 2 is 2.08 bits per heavy atom. The molecule has 1 aromatic carbocycles. The minimum atomic E-state index is -0.381. The van der Waals surface area contributed by atoms with Crippen molar-refractivity contribution < 1.29 is 9.66 Å². The molecule has 0 radical (unpaired) electrons. The molecule has 1 aromatic rings. The summed E-state index contributed by atoms with van der Waals surface area (Å²) < 4.78 is 5.43. The van der Waals surface area contributed by atoms with E-state index in [1.165, 1.54) is 25.0 Å². The third-order valence-corrected chi connectivity index (χ3v) is 4.54. The summed E-state index contributed by atoms with van der Waals surface area (Å²) in [6.07, 6.45) is 3.50. The molecule has 7 heteroatoms. The fourth-order valence-electron chi connectivity index (χ4n) is 3.07. The van der Waals surface area contributed by atoms with E-state index < -0.39 is 0 Å². The molecule has 130 valence electrons. The molecule has 2 heterocycles. The Balaban J connectivity index is 1.62. The Kier molecular flexibility index (Phi) is 5.63. The zero-order valence-electron chi connectivity index (χ0n) is 13.8. The van der Waals surface area contributed by atoms with Crippen molar-refractivity contribution in [3.8, 4) is 0 Å². The van der Waals surface area contributed by atoms with Crippen LogP contribution in [0.1, 0.15) is 24.8 Å². The molecule has 2 aliphatic rings. The van der Waals surface area contributed by atoms with Gasteiger partial charge in [0, 0.05) is 44.3 Å². The molecule has 0 saturated carbocycles. The first-order chi connectivity index (χ1) is 11.7. The summed E-state index contributed by atoms with van der Waals surface area (Å²) in [6, 6.07) is 6.61. The van der Waals surface area contributed by atoms with Gasteiger partial charge in [-0.3, -0.25) is 10.1 Å². The van der Waals surface area contributed by atoms with Gasteiger partial charge in [-0.15, -0.1) is 0 Å². The van der Waals surface area contributed by atoms with Crippen LogP contribution in [0.2, 0.25) is 0 Å². The van der Waals surface area contributed by atoms with E-state index in [0.717, 1.165) is 50.8 Å². The number of benzene rings is 1. The first kappa shape index (κ1) is 16.7. The fraction of sp³-hybridized carbons (Fsp3) is 0.588. The summed E-state index contributed by atoms with van der Waals surface area (Å²) >= 11 is 0. The Bertz CT molecular complexity index is 576. The minimum absolute atomic E-state index is 0.113. The van der Waals surface area contributed by atoms with E-state index in [-0.39, 0.29) is 10.6 Å². The number of nitro groups is 1. The van der Waals surface area contributed by atoms with Gasteiger partial charge in [0.15, 0.2) is 5.96 Å². The summed E-state index contributed by atoms with van der Waals surface area (Å²) in [4.78, 5) is 17.4. The molecule has 0 aliphatic carbocycles. The maximum absolute atomic E-state index is 10.7. The highest BCUT2D eigenvalue weighted by atomic mass is 16.6. The number of rotatable bonds is 5. The molecule has 2 saturated heterocycles. The van der Waals surface area contributed by atoms with E-state index in [9.17, 15) is 10.1 Å². The third kappa shape index (κ3) is 4.44. The molecule has 1 N–H and O–H groups in total. The SMILES string of the molecule is O=[N+]([O-])c1ccc(CN=C(NCC2CCOC2)N2CCCC2)cc1. The summed E-state index contributed by atoms with van der Waals surface area (Å²) in [5.41, 5.74) is 1.09. The Hall–Kier alpha value is -2.15. The molecule has 0 spiro atoms. The fourth-order valence-corrected chi connectivity index (χ4v) is 3.07. The quantitative estimate of drug-likeness (QED) is 0.387. The minimum Gasteiger partial charge on any atom is -0.381 e. The number of guanidine groups is 1. The number of likely N-dealkylation sites (tertiary alicyclic amines) is 1. The van der Waals surface area contributed by atoms with Gasteiger partial charge in [0.1, 0.15) is 0 Å².